The highest BCUT2D eigenvalue weighted by molar-refractivity contribution is 6.05. The molecular formula is C25H30FN3O4. The summed E-state index contributed by atoms with van der Waals surface area (Å²) in [6.07, 6.45) is 3.78. The Balaban J connectivity index is 1.30. The van der Waals surface area contributed by atoms with E-state index < -0.39 is 17.8 Å². The average molecular weight is 456 g/mol. The molecule has 3 aliphatic heterocycles. The number of piperidine rings is 2. The van der Waals surface area contributed by atoms with Gasteiger partial charge in [0.25, 0.3) is 5.91 Å². The second kappa shape index (κ2) is 7.92. The molecule has 1 saturated carbocycles. The molecule has 4 aliphatic rings. The summed E-state index contributed by atoms with van der Waals surface area (Å²) in [4.78, 5) is 53.1. The van der Waals surface area contributed by atoms with E-state index in [2.05, 4.69) is 19.2 Å². The predicted octanol–water partition coefficient (Wildman–Crippen LogP) is 2.73. The van der Waals surface area contributed by atoms with Crippen molar-refractivity contribution in [2.75, 3.05) is 13.1 Å². The first kappa shape index (κ1) is 22.0. The van der Waals surface area contributed by atoms with Gasteiger partial charge in [0, 0.05) is 37.5 Å². The number of benzene rings is 1. The van der Waals surface area contributed by atoms with Crippen LogP contribution in [0, 0.1) is 17.2 Å². The first-order valence-corrected chi connectivity index (χ1v) is 11.9. The third kappa shape index (κ3) is 3.93. The van der Waals surface area contributed by atoms with Gasteiger partial charge in [-0.25, -0.2) is 4.39 Å². The number of carbonyl (C=O) groups is 4. The Labute approximate surface area is 192 Å². The summed E-state index contributed by atoms with van der Waals surface area (Å²) >= 11 is 0. The Kier molecular flexibility index (Phi) is 5.29. The number of nitrogens with zero attached hydrogens (tertiary/aromatic N) is 2. The number of imide groups is 1. The summed E-state index contributed by atoms with van der Waals surface area (Å²) < 4.78 is 14.5. The van der Waals surface area contributed by atoms with Crippen molar-refractivity contribution in [2.45, 2.75) is 70.9 Å². The van der Waals surface area contributed by atoms with Gasteiger partial charge in [0.2, 0.25) is 17.7 Å². The van der Waals surface area contributed by atoms with E-state index in [-0.39, 0.29) is 54.4 Å². The van der Waals surface area contributed by atoms with Gasteiger partial charge >= 0.3 is 0 Å². The molecule has 0 spiro atoms. The van der Waals surface area contributed by atoms with E-state index in [0.717, 1.165) is 36.8 Å². The zero-order valence-corrected chi connectivity index (χ0v) is 19.2. The number of rotatable bonds is 3. The van der Waals surface area contributed by atoms with Crippen molar-refractivity contribution < 1.29 is 23.6 Å². The molecule has 176 valence electrons. The van der Waals surface area contributed by atoms with Crippen molar-refractivity contribution in [3.63, 3.8) is 0 Å². The van der Waals surface area contributed by atoms with Gasteiger partial charge in [0.1, 0.15) is 11.9 Å². The van der Waals surface area contributed by atoms with Crippen molar-refractivity contribution in [3.8, 4) is 0 Å². The SMILES string of the molecule is CC1(C)CC(C(=O)N2CCC(c3cc(F)cc4c3CN(C3CCC(=O)NC3=O)C4=O)CC2)C1. The third-order valence-corrected chi connectivity index (χ3v) is 7.85. The molecule has 7 nitrogen and oxygen atoms in total. The van der Waals surface area contributed by atoms with Gasteiger partial charge in [-0.2, -0.15) is 0 Å². The van der Waals surface area contributed by atoms with Crippen LogP contribution >= 0.6 is 0 Å². The van der Waals surface area contributed by atoms with E-state index in [9.17, 15) is 23.6 Å². The first-order valence-electron chi connectivity index (χ1n) is 11.9. The summed E-state index contributed by atoms with van der Waals surface area (Å²) in [5.74, 6) is -1.21. The van der Waals surface area contributed by atoms with Gasteiger partial charge in [0.05, 0.1) is 0 Å². The van der Waals surface area contributed by atoms with Crippen LogP contribution in [0.15, 0.2) is 12.1 Å². The van der Waals surface area contributed by atoms with Crippen LogP contribution in [-0.4, -0.2) is 52.6 Å². The Morgan fingerprint density at radius 3 is 2.42 bits per heavy atom. The van der Waals surface area contributed by atoms with Crippen LogP contribution in [-0.2, 0) is 20.9 Å². The lowest BCUT2D eigenvalue weighted by molar-refractivity contribution is -0.143. The maximum absolute atomic E-state index is 14.5. The largest absolute Gasteiger partial charge is 0.342 e. The molecule has 0 aromatic heterocycles. The molecule has 4 amide bonds. The number of amides is 4. The number of fused-ring (bicyclic) bond motifs is 1. The van der Waals surface area contributed by atoms with Gasteiger partial charge in [0.15, 0.2) is 0 Å². The fourth-order valence-electron chi connectivity index (χ4n) is 6.14. The van der Waals surface area contributed by atoms with Crippen LogP contribution in [0.4, 0.5) is 4.39 Å². The van der Waals surface area contributed by atoms with E-state index in [1.807, 2.05) is 4.90 Å². The minimum atomic E-state index is -0.718. The fourth-order valence-corrected chi connectivity index (χ4v) is 6.14. The molecule has 8 heteroatoms. The number of hydrogen-bond donors (Lipinski definition) is 1. The molecule has 1 atom stereocenters. The number of halogens is 1. The lowest BCUT2D eigenvalue weighted by atomic mass is 9.64. The van der Waals surface area contributed by atoms with Crippen molar-refractivity contribution in [1.29, 1.82) is 0 Å². The van der Waals surface area contributed by atoms with Gasteiger partial charge in [-0.05, 0) is 66.7 Å². The van der Waals surface area contributed by atoms with Crippen LogP contribution in [0.25, 0.3) is 0 Å². The van der Waals surface area contributed by atoms with E-state index in [0.29, 0.717) is 18.7 Å². The summed E-state index contributed by atoms with van der Waals surface area (Å²) in [7, 11) is 0. The normalized spacial score (nSPS) is 25.7. The summed E-state index contributed by atoms with van der Waals surface area (Å²) in [5.41, 5.74) is 2.15. The lowest BCUT2D eigenvalue weighted by Gasteiger charge is -2.44. The van der Waals surface area contributed by atoms with E-state index >= 15 is 0 Å². The Morgan fingerprint density at radius 2 is 1.79 bits per heavy atom. The van der Waals surface area contributed by atoms with Gasteiger partial charge in [-0.1, -0.05) is 13.8 Å². The second-order valence-corrected chi connectivity index (χ2v) is 10.8. The quantitative estimate of drug-likeness (QED) is 0.710. The number of hydrogen-bond acceptors (Lipinski definition) is 4. The molecule has 3 heterocycles. The van der Waals surface area contributed by atoms with Crippen LogP contribution in [0.5, 0.6) is 0 Å². The zero-order chi connectivity index (χ0) is 23.5. The van der Waals surface area contributed by atoms with Gasteiger partial charge in [-0.3, -0.25) is 24.5 Å². The van der Waals surface area contributed by atoms with Crippen LogP contribution in [0.1, 0.15) is 79.8 Å². The molecule has 1 unspecified atom stereocenters. The average Bonchev–Trinajstić information content (AvgIpc) is 3.07. The Bertz CT molecular complexity index is 1040. The van der Waals surface area contributed by atoms with Crippen molar-refractivity contribution >= 4 is 23.6 Å². The van der Waals surface area contributed by atoms with Gasteiger partial charge < -0.3 is 9.80 Å². The molecule has 2 saturated heterocycles. The van der Waals surface area contributed by atoms with Crippen molar-refractivity contribution in [3.05, 3.63) is 34.6 Å². The highest BCUT2D eigenvalue weighted by Gasteiger charge is 2.44. The molecule has 1 aliphatic carbocycles. The van der Waals surface area contributed by atoms with E-state index in [4.69, 9.17) is 0 Å². The maximum Gasteiger partial charge on any atom is 0.255 e. The number of likely N-dealkylation sites (tertiary alicyclic amines) is 1. The van der Waals surface area contributed by atoms with Crippen LogP contribution in [0.3, 0.4) is 0 Å². The smallest absolute Gasteiger partial charge is 0.255 e. The summed E-state index contributed by atoms with van der Waals surface area (Å²) in [6.45, 7) is 5.89. The standard InChI is InChI=1S/C25H30FN3O4/c1-25(2)11-15(12-25)23(32)28-7-5-14(6-8-28)17-9-16(26)10-18-19(17)13-29(24(18)33)20-3-4-21(30)27-22(20)31/h9-10,14-15,20H,3-8,11-13H2,1-2H3,(H,27,30,31). The Hall–Kier alpha value is -2.77. The molecule has 1 aromatic carbocycles. The van der Waals surface area contributed by atoms with Crippen molar-refractivity contribution in [2.24, 2.45) is 11.3 Å². The second-order valence-electron chi connectivity index (χ2n) is 10.8. The van der Waals surface area contributed by atoms with E-state index in [1.165, 1.54) is 17.0 Å². The molecular weight excluding hydrogens is 425 g/mol. The minimum absolute atomic E-state index is 0.0610. The number of nitrogens with one attached hydrogen (secondary N) is 1. The molecule has 0 radical (unpaired) electrons. The fraction of sp³-hybridized carbons (Fsp3) is 0.600. The lowest BCUT2D eigenvalue weighted by Crippen LogP contribution is -2.52. The van der Waals surface area contributed by atoms with Crippen LogP contribution in [0.2, 0.25) is 0 Å². The summed E-state index contributed by atoms with van der Waals surface area (Å²) in [5, 5.41) is 2.30. The monoisotopic (exact) mass is 455 g/mol. The molecule has 33 heavy (non-hydrogen) atoms. The maximum atomic E-state index is 14.5. The molecule has 1 aromatic rings. The minimum Gasteiger partial charge on any atom is -0.342 e. The molecule has 0 bridgehead atoms. The van der Waals surface area contributed by atoms with Crippen LogP contribution < -0.4 is 5.32 Å². The third-order valence-electron chi connectivity index (χ3n) is 7.85. The predicted molar refractivity (Wildman–Crippen MR) is 118 cm³/mol. The topological polar surface area (TPSA) is 86.8 Å². The Morgan fingerprint density at radius 1 is 1.09 bits per heavy atom. The number of carbonyl (C=O) groups excluding carboxylic acids is 4. The zero-order valence-electron chi connectivity index (χ0n) is 19.2. The first-order chi connectivity index (χ1) is 15.6. The van der Waals surface area contributed by atoms with Gasteiger partial charge in [-0.15, -0.1) is 0 Å². The molecule has 3 fully saturated rings. The van der Waals surface area contributed by atoms with Crippen molar-refractivity contribution in [1.82, 2.24) is 15.1 Å². The highest BCUT2D eigenvalue weighted by Crippen LogP contribution is 2.46. The summed E-state index contributed by atoms with van der Waals surface area (Å²) in [6, 6.07) is 2.05. The highest BCUT2D eigenvalue weighted by atomic mass is 19.1. The molecule has 1 N–H and O–H groups in total. The van der Waals surface area contributed by atoms with E-state index in [1.54, 1.807) is 0 Å². The molecule has 5 rings (SSSR count).